The van der Waals surface area contributed by atoms with E-state index >= 15 is 0 Å². The van der Waals surface area contributed by atoms with Gasteiger partial charge in [-0.1, -0.05) is 13.8 Å². The highest BCUT2D eigenvalue weighted by molar-refractivity contribution is 5.89. The summed E-state index contributed by atoms with van der Waals surface area (Å²) in [7, 11) is 0. The van der Waals surface area contributed by atoms with Crippen molar-refractivity contribution in [3.8, 4) is 0 Å². The van der Waals surface area contributed by atoms with Gasteiger partial charge in [0.05, 0.1) is 6.42 Å². The second-order valence-electron chi connectivity index (χ2n) is 3.72. The van der Waals surface area contributed by atoms with Crippen molar-refractivity contribution in [1.82, 2.24) is 5.32 Å². The van der Waals surface area contributed by atoms with Crippen molar-refractivity contribution in [2.45, 2.75) is 32.7 Å². The Hall–Kier alpha value is -1.59. The van der Waals surface area contributed by atoms with Crippen LogP contribution in [0.3, 0.4) is 0 Å². The lowest BCUT2D eigenvalue weighted by molar-refractivity contribution is -0.140. The van der Waals surface area contributed by atoms with Gasteiger partial charge in [0.25, 0.3) is 0 Å². The molecular formula is C9H16N2O4. The highest BCUT2D eigenvalue weighted by Gasteiger charge is 2.21. The predicted octanol–water partition coefficient (Wildman–Crippen LogP) is -0.523. The Balaban J connectivity index is 4.22. The van der Waals surface area contributed by atoms with Crippen molar-refractivity contribution < 1.29 is 19.5 Å². The molecule has 0 aliphatic rings. The first-order valence-electron chi connectivity index (χ1n) is 4.63. The number of amides is 2. The number of aliphatic carboxylic acids is 1. The fourth-order valence-electron chi connectivity index (χ4n) is 1.02. The normalized spacial score (nSPS) is 12.2. The Bertz CT molecular complexity index is 263. The third-order valence-electron chi connectivity index (χ3n) is 1.65. The molecule has 0 aromatic carbocycles. The summed E-state index contributed by atoms with van der Waals surface area (Å²) in [5, 5.41) is 10.8. The maximum Gasteiger partial charge on any atom is 0.305 e. The third-order valence-corrected chi connectivity index (χ3v) is 1.65. The summed E-state index contributed by atoms with van der Waals surface area (Å²) in [6.07, 6.45) is -0.247. The Labute approximate surface area is 87.8 Å². The molecule has 0 spiro atoms. The molecule has 2 amide bonds. The molecule has 4 N–H and O–H groups in total. The van der Waals surface area contributed by atoms with Crippen LogP contribution < -0.4 is 11.1 Å². The van der Waals surface area contributed by atoms with Crippen LogP contribution in [0, 0.1) is 5.92 Å². The molecule has 0 unspecified atom stereocenters. The highest BCUT2D eigenvalue weighted by atomic mass is 16.4. The second kappa shape index (κ2) is 6.00. The number of rotatable bonds is 6. The quantitative estimate of drug-likeness (QED) is 0.554. The number of carbonyl (C=O) groups is 3. The predicted molar refractivity (Wildman–Crippen MR) is 52.8 cm³/mol. The molecule has 0 aliphatic carbocycles. The second-order valence-corrected chi connectivity index (χ2v) is 3.72. The first-order chi connectivity index (χ1) is 6.82. The van der Waals surface area contributed by atoms with Gasteiger partial charge in [0.15, 0.2) is 0 Å². The van der Waals surface area contributed by atoms with Crippen LogP contribution in [0.2, 0.25) is 0 Å². The lowest BCUT2D eigenvalue weighted by Crippen LogP contribution is -2.45. The number of carboxylic acids is 1. The molecule has 0 aromatic rings. The topological polar surface area (TPSA) is 109 Å². The molecule has 6 nitrogen and oxygen atoms in total. The van der Waals surface area contributed by atoms with Gasteiger partial charge in [0.2, 0.25) is 11.8 Å². The molecule has 6 heteroatoms. The summed E-state index contributed by atoms with van der Waals surface area (Å²) in [4.78, 5) is 32.4. The van der Waals surface area contributed by atoms with Crippen molar-refractivity contribution in [2.24, 2.45) is 11.7 Å². The van der Waals surface area contributed by atoms with Gasteiger partial charge in [-0.2, -0.15) is 0 Å². The Morgan fingerprint density at radius 2 is 1.80 bits per heavy atom. The molecule has 0 saturated heterocycles. The minimum atomic E-state index is -1.18. The molecule has 0 rings (SSSR count). The summed E-state index contributed by atoms with van der Waals surface area (Å²) in [6, 6.07) is -1.13. The minimum absolute atomic E-state index is 0.142. The molecule has 0 aromatic heterocycles. The van der Waals surface area contributed by atoms with E-state index in [9.17, 15) is 14.4 Å². The number of nitrogens with one attached hydrogen (secondary N) is 1. The van der Waals surface area contributed by atoms with Gasteiger partial charge in [0.1, 0.15) is 6.04 Å². The van der Waals surface area contributed by atoms with E-state index < -0.39 is 24.3 Å². The van der Waals surface area contributed by atoms with Crippen LogP contribution in [0.5, 0.6) is 0 Å². The highest BCUT2D eigenvalue weighted by Crippen LogP contribution is 2.00. The van der Waals surface area contributed by atoms with Crippen LogP contribution >= 0.6 is 0 Å². The molecule has 0 aliphatic heterocycles. The van der Waals surface area contributed by atoms with Crippen LogP contribution in [-0.4, -0.2) is 28.9 Å². The first-order valence-corrected chi connectivity index (χ1v) is 4.63. The molecule has 0 heterocycles. The molecule has 0 saturated carbocycles. The van der Waals surface area contributed by atoms with Crippen LogP contribution in [0.25, 0.3) is 0 Å². The van der Waals surface area contributed by atoms with E-state index in [0.717, 1.165) is 0 Å². The first kappa shape index (κ1) is 13.4. The SMILES string of the molecule is CC(C)CC(=O)N[C@H](CC(=O)O)C(N)=O. The lowest BCUT2D eigenvalue weighted by atomic mass is 10.1. The Morgan fingerprint density at radius 3 is 2.13 bits per heavy atom. The average molecular weight is 216 g/mol. The van der Waals surface area contributed by atoms with E-state index in [0.29, 0.717) is 0 Å². The number of primary amides is 1. The van der Waals surface area contributed by atoms with Gasteiger partial charge in [-0.05, 0) is 5.92 Å². The summed E-state index contributed by atoms with van der Waals surface area (Å²) in [5.74, 6) is -2.24. The van der Waals surface area contributed by atoms with Crippen molar-refractivity contribution >= 4 is 17.8 Å². The van der Waals surface area contributed by atoms with Gasteiger partial charge in [0, 0.05) is 6.42 Å². The van der Waals surface area contributed by atoms with Gasteiger partial charge < -0.3 is 16.2 Å². The zero-order valence-corrected chi connectivity index (χ0v) is 8.82. The molecule has 0 fully saturated rings. The van der Waals surface area contributed by atoms with Crippen LogP contribution in [-0.2, 0) is 14.4 Å². The van der Waals surface area contributed by atoms with E-state index in [4.69, 9.17) is 10.8 Å². The van der Waals surface area contributed by atoms with Gasteiger partial charge >= 0.3 is 5.97 Å². The largest absolute Gasteiger partial charge is 0.481 e. The van der Waals surface area contributed by atoms with E-state index in [1.807, 2.05) is 13.8 Å². The van der Waals surface area contributed by atoms with E-state index in [-0.39, 0.29) is 18.2 Å². The fourth-order valence-corrected chi connectivity index (χ4v) is 1.02. The molecule has 15 heavy (non-hydrogen) atoms. The zero-order chi connectivity index (χ0) is 12.0. The molecule has 0 radical (unpaired) electrons. The smallest absolute Gasteiger partial charge is 0.305 e. The lowest BCUT2D eigenvalue weighted by Gasteiger charge is -2.14. The van der Waals surface area contributed by atoms with Crippen molar-refractivity contribution in [1.29, 1.82) is 0 Å². The van der Waals surface area contributed by atoms with Crippen LogP contribution in [0.1, 0.15) is 26.7 Å². The van der Waals surface area contributed by atoms with Gasteiger partial charge in [-0.3, -0.25) is 14.4 Å². The molecule has 86 valence electrons. The Morgan fingerprint density at radius 1 is 1.27 bits per heavy atom. The third kappa shape index (κ3) is 6.48. The molecule has 1 atom stereocenters. The van der Waals surface area contributed by atoms with Crippen molar-refractivity contribution in [2.75, 3.05) is 0 Å². The zero-order valence-electron chi connectivity index (χ0n) is 8.82. The Kier molecular flexibility index (Phi) is 5.36. The maximum absolute atomic E-state index is 11.2. The number of hydrogen-bond acceptors (Lipinski definition) is 3. The number of carbonyl (C=O) groups excluding carboxylic acids is 2. The van der Waals surface area contributed by atoms with Crippen LogP contribution in [0.15, 0.2) is 0 Å². The summed E-state index contributed by atoms with van der Waals surface area (Å²) in [5.41, 5.74) is 4.95. The van der Waals surface area contributed by atoms with Gasteiger partial charge in [-0.25, -0.2) is 0 Å². The van der Waals surface area contributed by atoms with E-state index in [2.05, 4.69) is 5.32 Å². The minimum Gasteiger partial charge on any atom is -0.481 e. The number of carboxylic acid groups (broad SMARTS) is 1. The van der Waals surface area contributed by atoms with Gasteiger partial charge in [-0.15, -0.1) is 0 Å². The number of nitrogens with two attached hydrogens (primary N) is 1. The van der Waals surface area contributed by atoms with Crippen molar-refractivity contribution in [3.05, 3.63) is 0 Å². The molecular weight excluding hydrogens is 200 g/mol. The fraction of sp³-hybridized carbons (Fsp3) is 0.667. The summed E-state index contributed by atoms with van der Waals surface area (Å²) < 4.78 is 0. The molecule has 0 bridgehead atoms. The summed E-state index contributed by atoms with van der Waals surface area (Å²) >= 11 is 0. The van der Waals surface area contributed by atoms with Crippen LogP contribution in [0.4, 0.5) is 0 Å². The maximum atomic E-state index is 11.2. The number of hydrogen-bond donors (Lipinski definition) is 3. The monoisotopic (exact) mass is 216 g/mol. The van der Waals surface area contributed by atoms with Crippen molar-refractivity contribution in [3.63, 3.8) is 0 Å². The van der Waals surface area contributed by atoms with E-state index in [1.54, 1.807) is 0 Å². The summed E-state index contributed by atoms with van der Waals surface area (Å²) in [6.45, 7) is 3.69. The standard InChI is InChI=1S/C9H16N2O4/c1-5(2)3-7(12)11-6(9(10)15)4-8(13)14/h5-6H,3-4H2,1-2H3,(H2,10,15)(H,11,12)(H,13,14)/t6-/m1/s1. The van der Waals surface area contributed by atoms with E-state index in [1.165, 1.54) is 0 Å². The average Bonchev–Trinajstić information content (AvgIpc) is 1.99.